The van der Waals surface area contributed by atoms with Gasteiger partial charge >= 0.3 is 0 Å². The van der Waals surface area contributed by atoms with Crippen molar-refractivity contribution < 1.29 is 18.3 Å². The normalized spacial score (nSPS) is 13.6. The van der Waals surface area contributed by atoms with E-state index in [2.05, 4.69) is 29.5 Å². The number of halogens is 2. The number of fused-ring (bicyclic) bond motifs is 2. The third-order valence-corrected chi connectivity index (χ3v) is 7.32. The third kappa shape index (κ3) is 5.75. The van der Waals surface area contributed by atoms with Crippen molar-refractivity contribution in [3.05, 3.63) is 83.2 Å². The summed E-state index contributed by atoms with van der Waals surface area (Å²) in [4.78, 5) is 25.7. The average molecular weight is 584 g/mol. The summed E-state index contributed by atoms with van der Waals surface area (Å²) in [6.45, 7) is 7.72. The van der Waals surface area contributed by atoms with Gasteiger partial charge in [-0.2, -0.15) is 5.10 Å². The van der Waals surface area contributed by atoms with Gasteiger partial charge in [-0.25, -0.2) is 23.7 Å². The molecule has 3 heterocycles. The summed E-state index contributed by atoms with van der Waals surface area (Å²) in [5, 5.41) is 11.7. The zero-order valence-corrected chi connectivity index (χ0v) is 24.3. The number of hydrogen-bond acceptors (Lipinski definition) is 7. The SMILES string of the molecule is CCOc1cc(F)c(Cn2nc(-c3nc4c(c(Nc5ccnc(NC(C)=O)c5)n3)CC(C)(C)C4)c3ccccc32)c(F)c1. The van der Waals surface area contributed by atoms with E-state index >= 15 is 8.78 Å². The van der Waals surface area contributed by atoms with Crippen molar-refractivity contribution >= 4 is 34.1 Å². The van der Waals surface area contributed by atoms with Crippen LogP contribution in [0.1, 0.15) is 44.5 Å². The number of para-hydroxylation sites is 1. The lowest BCUT2D eigenvalue weighted by molar-refractivity contribution is -0.114. The van der Waals surface area contributed by atoms with E-state index in [4.69, 9.17) is 19.8 Å². The van der Waals surface area contributed by atoms with E-state index in [0.717, 1.165) is 29.5 Å². The van der Waals surface area contributed by atoms with Crippen LogP contribution in [0.3, 0.4) is 0 Å². The Morgan fingerprint density at radius 2 is 1.84 bits per heavy atom. The van der Waals surface area contributed by atoms with Gasteiger partial charge in [-0.1, -0.05) is 32.0 Å². The molecule has 2 N–H and O–H groups in total. The summed E-state index contributed by atoms with van der Waals surface area (Å²) >= 11 is 0. The Labute approximate surface area is 247 Å². The predicted molar refractivity (Wildman–Crippen MR) is 160 cm³/mol. The maximum Gasteiger partial charge on any atom is 0.222 e. The van der Waals surface area contributed by atoms with Gasteiger partial charge in [0, 0.05) is 53.5 Å². The fourth-order valence-corrected chi connectivity index (χ4v) is 5.50. The fourth-order valence-electron chi connectivity index (χ4n) is 5.50. The molecule has 2 aromatic carbocycles. The first kappa shape index (κ1) is 28.2. The number of benzene rings is 2. The maximum absolute atomic E-state index is 15.0. The second kappa shape index (κ2) is 11.0. The molecule has 43 heavy (non-hydrogen) atoms. The number of hydrogen-bond donors (Lipinski definition) is 2. The maximum atomic E-state index is 15.0. The number of aromatic nitrogens is 5. The summed E-state index contributed by atoms with van der Waals surface area (Å²) in [7, 11) is 0. The van der Waals surface area contributed by atoms with Gasteiger partial charge in [0.1, 0.15) is 34.7 Å². The molecule has 0 spiro atoms. The number of rotatable bonds is 8. The van der Waals surface area contributed by atoms with Crippen LogP contribution in [0.2, 0.25) is 0 Å². The Kier molecular flexibility index (Phi) is 7.25. The standard InChI is InChI=1S/C32H31F2N7O2/c1-5-43-20-13-24(33)23(25(34)14-20)17-41-27-9-7-6-8-21(27)29(40-41)31-38-26-16-32(3,4)15-22(26)30(39-31)37-19-10-11-35-28(12-19)36-18(2)42/h6-14H,5,15-17H2,1-4H3,(H2,35,36,37,38,39,42). The Morgan fingerprint density at radius 1 is 1.07 bits per heavy atom. The molecule has 0 saturated heterocycles. The second-order valence-corrected chi connectivity index (χ2v) is 11.4. The van der Waals surface area contributed by atoms with Crippen molar-refractivity contribution in [1.82, 2.24) is 24.7 Å². The Balaban J connectivity index is 1.43. The van der Waals surface area contributed by atoms with E-state index < -0.39 is 11.6 Å². The lowest BCUT2D eigenvalue weighted by Crippen LogP contribution is -2.10. The number of carbonyl (C=O) groups is 1. The van der Waals surface area contributed by atoms with Crippen molar-refractivity contribution in [3.63, 3.8) is 0 Å². The van der Waals surface area contributed by atoms with Crippen molar-refractivity contribution in [1.29, 1.82) is 0 Å². The van der Waals surface area contributed by atoms with Crippen LogP contribution in [0.25, 0.3) is 22.4 Å². The minimum absolute atomic E-state index is 0.0181. The molecule has 1 amide bonds. The van der Waals surface area contributed by atoms with E-state index in [1.165, 1.54) is 19.1 Å². The lowest BCUT2D eigenvalue weighted by Gasteiger charge is -2.15. The summed E-state index contributed by atoms with van der Waals surface area (Å²) in [5.74, 6) is -0.0388. The Morgan fingerprint density at radius 3 is 2.58 bits per heavy atom. The van der Waals surface area contributed by atoms with Crippen molar-refractivity contribution in [2.24, 2.45) is 5.41 Å². The number of nitrogens with zero attached hydrogens (tertiary/aromatic N) is 5. The highest BCUT2D eigenvalue weighted by molar-refractivity contribution is 5.92. The van der Waals surface area contributed by atoms with Crippen LogP contribution in [0, 0.1) is 17.0 Å². The van der Waals surface area contributed by atoms with E-state index in [0.29, 0.717) is 41.0 Å². The smallest absolute Gasteiger partial charge is 0.222 e. The number of carbonyl (C=O) groups excluding carboxylic acids is 1. The summed E-state index contributed by atoms with van der Waals surface area (Å²) in [6.07, 6.45) is 3.13. The highest BCUT2D eigenvalue weighted by Gasteiger charge is 2.33. The van der Waals surface area contributed by atoms with Gasteiger partial charge in [0.05, 0.1) is 24.4 Å². The van der Waals surface area contributed by atoms with Gasteiger partial charge in [-0.05, 0) is 37.3 Å². The minimum Gasteiger partial charge on any atom is -0.494 e. The topological polar surface area (TPSA) is 107 Å². The molecular formula is C32H31F2N7O2. The molecule has 1 aliphatic rings. The number of amides is 1. The number of ether oxygens (including phenoxy) is 1. The van der Waals surface area contributed by atoms with Crippen LogP contribution in [0.4, 0.5) is 26.1 Å². The van der Waals surface area contributed by atoms with E-state index in [1.807, 2.05) is 24.3 Å². The van der Waals surface area contributed by atoms with Gasteiger partial charge in [0.15, 0.2) is 5.82 Å². The van der Waals surface area contributed by atoms with Crippen molar-refractivity contribution in [2.75, 3.05) is 17.2 Å². The molecule has 0 radical (unpaired) electrons. The molecule has 1 aliphatic carbocycles. The molecule has 6 rings (SSSR count). The van der Waals surface area contributed by atoms with Gasteiger partial charge in [0.2, 0.25) is 5.91 Å². The lowest BCUT2D eigenvalue weighted by atomic mass is 9.90. The average Bonchev–Trinajstić information content (AvgIpc) is 3.47. The van der Waals surface area contributed by atoms with E-state index in [-0.39, 0.29) is 29.2 Å². The van der Waals surface area contributed by atoms with Crippen LogP contribution < -0.4 is 15.4 Å². The van der Waals surface area contributed by atoms with Crippen LogP contribution in [0.5, 0.6) is 5.75 Å². The van der Waals surface area contributed by atoms with Crippen LogP contribution in [0.15, 0.2) is 54.7 Å². The molecule has 3 aromatic heterocycles. The molecule has 220 valence electrons. The number of anilines is 3. The molecular weight excluding hydrogens is 552 g/mol. The second-order valence-electron chi connectivity index (χ2n) is 11.4. The van der Waals surface area contributed by atoms with Gasteiger partial charge in [0.25, 0.3) is 0 Å². The van der Waals surface area contributed by atoms with E-state index in [1.54, 1.807) is 29.9 Å². The number of nitrogens with one attached hydrogen (secondary N) is 2. The molecule has 0 bridgehead atoms. The predicted octanol–water partition coefficient (Wildman–Crippen LogP) is 6.44. The largest absolute Gasteiger partial charge is 0.494 e. The van der Waals surface area contributed by atoms with Crippen molar-refractivity contribution in [2.45, 2.75) is 47.1 Å². The zero-order valence-electron chi connectivity index (χ0n) is 24.3. The molecule has 0 unspecified atom stereocenters. The Hall–Kier alpha value is -4.93. The van der Waals surface area contributed by atoms with Crippen LogP contribution in [-0.2, 0) is 24.2 Å². The summed E-state index contributed by atoms with van der Waals surface area (Å²) in [5.41, 5.74) is 3.69. The molecule has 0 aliphatic heterocycles. The highest BCUT2D eigenvalue weighted by atomic mass is 19.1. The van der Waals surface area contributed by atoms with Gasteiger partial charge in [-0.15, -0.1) is 0 Å². The van der Waals surface area contributed by atoms with E-state index in [9.17, 15) is 4.79 Å². The van der Waals surface area contributed by atoms with Crippen molar-refractivity contribution in [3.8, 4) is 17.3 Å². The molecule has 0 atom stereocenters. The monoisotopic (exact) mass is 583 g/mol. The first-order valence-corrected chi connectivity index (χ1v) is 14.1. The van der Waals surface area contributed by atoms with Gasteiger partial charge < -0.3 is 15.4 Å². The number of pyridine rings is 1. The molecule has 5 aromatic rings. The summed E-state index contributed by atoms with van der Waals surface area (Å²) in [6, 6.07) is 13.4. The molecule has 9 nitrogen and oxygen atoms in total. The molecule has 0 fully saturated rings. The highest BCUT2D eigenvalue weighted by Crippen LogP contribution is 2.40. The third-order valence-electron chi connectivity index (χ3n) is 7.32. The Bertz CT molecular complexity index is 1850. The van der Waals surface area contributed by atoms with Gasteiger partial charge in [-0.3, -0.25) is 9.48 Å². The first-order chi connectivity index (χ1) is 20.6. The molecule has 0 saturated carbocycles. The quantitative estimate of drug-likeness (QED) is 0.217. The zero-order chi connectivity index (χ0) is 30.3. The van der Waals surface area contributed by atoms with Crippen LogP contribution >= 0.6 is 0 Å². The fraction of sp³-hybridized carbons (Fsp3) is 0.281. The minimum atomic E-state index is -0.705. The molecule has 11 heteroatoms. The summed E-state index contributed by atoms with van der Waals surface area (Å²) < 4.78 is 36.9. The van der Waals surface area contributed by atoms with Crippen LogP contribution in [-0.4, -0.2) is 37.2 Å². The first-order valence-electron chi connectivity index (χ1n) is 14.1.